The standard InChI is InChI=1S/C15H23N3O/c1-10(2)18-15(19)7-8-17-14-6-3-11-9-12(16)4-5-13(11)14/h4-5,9-10,14,17H,3,6-8,16H2,1-2H3,(H,18,19). The van der Waals surface area contributed by atoms with Gasteiger partial charge in [0.2, 0.25) is 5.91 Å². The number of aryl methyl sites for hydroxylation is 1. The van der Waals surface area contributed by atoms with E-state index >= 15 is 0 Å². The predicted octanol–water partition coefficient (Wildman–Crippen LogP) is 1.76. The molecule has 0 bridgehead atoms. The molecule has 0 radical (unpaired) electrons. The Hall–Kier alpha value is -1.55. The van der Waals surface area contributed by atoms with Crippen LogP contribution in [0.1, 0.15) is 43.9 Å². The first-order chi connectivity index (χ1) is 9.06. The molecule has 0 heterocycles. The molecular weight excluding hydrogens is 238 g/mol. The molecule has 0 fully saturated rings. The summed E-state index contributed by atoms with van der Waals surface area (Å²) in [5.41, 5.74) is 9.29. The fourth-order valence-corrected chi connectivity index (χ4v) is 2.60. The van der Waals surface area contributed by atoms with Gasteiger partial charge >= 0.3 is 0 Å². The van der Waals surface area contributed by atoms with Gasteiger partial charge in [-0.1, -0.05) is 6.07 Å². The van der Waals surface area contributed by atoms with Crippen molar-refractivity contribution >= 4 is 11.6 Å². The fourth-order valence-electron chi connectivity index (χ4n) is 2.60. The van der Waals surface area contributed by atoms with Crippen LogP contribution in [0, 0.1) is 0 Å². The second-order valence-electron chi connectivity index (χ2n) is 5.48. The summed E-state index contributed by atoms with van der Waals surface area (Å²) in [5.74, 6) is 0.109. The molecule has 0 spiro atoms. The highest BCUT2D eigenvalue weighted by atomic mass is 16.1. The first-order valence-electron chi connectivity index (χ1n) is 6.97. The van der Waals surface area contributed by atoms with Gasteiger partial charge < -0.3 is 16.4 Å². The summed E-state index contributed by atoms with van der Waals surface area (Å²) in [5, 5.41) is 6.36. The van der Waals surface area contributed by atoms with Crippen molar-refractivity contribution in [3.63, 3.8) is 0 Å². The molecule has 1 aliphatic carbocycles. The number of nitrogen functional groups attached to an aromatic ring is 1. The summed E-state index contributed by atoms with van der Waals surface area (Å²) in [6.45, 7) is 4.67. The first kappa shape index (κ1) is 13.9. The molecule has 1 atom stereocenters. The third kappa shape index (κ3) is 3.70. The second-order valence-corrected chi connectivity index (χ2v) is 5.48. The molecule has 4 N–H and O–H groups in total. The number of nitrogens with two attached hydrogens (primary N) is 1. The number of rotatable bonds is 5. The van der Waals surface area contributed by atoms with Crippen LogP contribution in [-0.2, 0) is 11.2 Å². The van der Waals surface area contributed by atoms with Gasteiger partial charge in [0.25, 0.3) is 0 Å². The lowest BCUT2D eigenvalue weighted by atomic mass is 10.1. The highest BCUT2D eigenvalue weighted by Crippen LogP contribution is 2.32. The van der Waals surface area contributed by atoms with Crippen LogP contribution in [0.3, 0.4) is 0 Å². The topological polar surface area (TPSA) is 67.2 Å². The highest BCUT2D eigenvalue weighted by molar-refractivity contribution is 5.76. The normalized spacial score (nSPS) is 17.5. The largest absolute Gasteiger partial charge is 0.399 e. The van der Waals surface area contributed by atoms with Crippen LogP contribution in [0.4, 0.5) is 5.69 Å². The Morgan fingerprint density at radius 3 is 3.00 bits per heavy atom. The monoisotopic (exact) mass is 261 g/mol. The molecule has 1 unspecified atom stereocenters. The molecule has 0 saturated carbocycles. The maximum atomic E-state index is 11.5. The predicted molar refractivity (Wildman–Crippen MR) is 77.8 cm³/mol. The number of benzene rings is 1. The van der Waals surface area contributed by atoms with Crippen molar-refractivity contribution in [3.8, 4) is 0 Å². The van der Waals surface area contributed by atoms with Crippen LogP contribution in [0.2, 0.25) is 0 Å². The molecule has 4 heteroatoms. The minimum Gasteiger partial charge on any atom is -0.399 e. The van der Waals surface area contributed by atoms with Crippen molar-refractivity contribution in [2.24, 2.45) is 0 Å². The molecule has 0 aromatic heterocycles. The minimum absolute atomic E-state index is 0.109. The van der Waals surface area contributed by atoms with Gasteiger partial charge in [0.1, 0.15) is 0 Å². The maximum Gasteiger partial charge on any atom is 0.221 e. The molecule has 0 aliphatic heterocycles. The first-order valence-corrected chi connectivity index (χ1v) is 6.97. The van der Waals surface area contributed by atoms with E-state index in [0.717, 1.165) is 18.5 Å². The van der Waals surface area contributed by atoms with E-state index in [4.69, 9.17) is 5.73 Å². The molecule has 19 heavy (non-hydrogen) atoms. The average Bonchev–Trinajstić information content (AvgIpc) is 2.70. The lowest BCUT2D eigenvalue weighted by Gasteiger charge is -2.14. The van der Waals surface area contributed by atoms with Crippen LogP contribution in [-0.4, -0.2) is 18.5 Å². The van der Waals surface area contributed by atoms with Crippen molar-refractivity contribution in [2.75, 3.05) is 12.3 Å². The van der Waals surface area contributed by atoms with Crippen LogP contribution in [0.5, 0.6) is 0 Å². The minimum atomic E-state index is 0.109. The van der Waals surface area contributed by atoms with Crippen molar-refractivity contribution < 1.29 is 4.79 Å². The molecule has 1 aromatic rings. The Labute approximate surface area is 114 Å². The molecule has 1 aromatic carbocycles. The van der Waals surface area contributed by atoms with Crippen LogP contribution >= 0.6 is 0 Å². The highest BCUT2D eigenvalue weighted by Gasteiger charge is 2.21. The molecule has 1 aliphatic rings. The average molecular weight is 261 g/mol. The zero-order valence-electron chi connectivity index (χ0n) is 11.7. The maximum absolute atomic E-state index is 11.5. The van der Waals surface area contributed by atoms with Crippen molar-refractivity contribution in [1.29, 1.82) is 0 Å². The fraction of sp³-hybridized carbons (Fsp3) is 0.533. The number of carbonyl (C=O) groups excluding carboxylic acids is 1. The van der Waals surface area contributed by atoms with Gasteiger partial charge in [-0.3, -0.25) is 4.79 Å². The zero-order chi connectivity index (χ0) is 13.8. The van der Waals surface area contributed by atoms with Crippen molar-refractivity contribution in [2.45, 2.75) is 45.2 Å². The van der Waals surface area contributed by atoms with Gasteiger partial charge in [0.15, 0.2) is 0 Å². The van der Waals surface area contributed by atoms with Crippen LogP contribution in [0.15, 0.2) is 18.2 Å². The number of fused-ring (bicyclic) bond motifs is 1. The smallest absolute Gasteiger partial charge is 0.221 e. The van der Waals surface area contributed by atoms with Gasteiger partial charge in [0, 0.05) is 30.7 Å². The molecule has 4 nitrogen and oxygen atoms in total. The van der Waals surface area contributed by atoms with Crippen molar-refractivity contribution in [3.05, 3.63) is 29.3 Å². The summed E-state index contributed by atoms with van der Waals surface area (Å²) >= 11 is 0. The van der Waals surface area contributed by atoms with Gasteiger partial charge in [-0.2, -0.15) is 0 Å². The Kier molecular flexibility index (Phi) is 4.43. The summed E-state index contributed by atoms with van der Waals surface area (Å²) in [7, 11) is 0. The van der Waals surface area contributed by atoms with E-state index in [0.29, 0.717) is 19.0 Å². The van der Waals surface area contributed by atoms with Crippen molar-refractivity contribution in [1.82, 2.24) is 10.6 Å². The van der Waals surface area contributed by atoms with E-state index in [-0.39, 0.29) is 11.9 Å². The molecule has 1 amide bonds. The SMILES string of the molecule is CC(C)NC(=O)CCNC1CCc2cc(N)ccc21. The summed E-state index contributed by atoms with van der Waals surface area (Å²) in [6, 6.07) is 6.68. The lowest BCUT2D eigenvalue weighted by molar-refractivity contribution is -0.121. The van der Waals surface area contributed by atoms with Crippen LogP contribution < -0.4 is 16.4 Å². The third-order valence-corrected chi connectivity index (χ3v) is 3.44. The quantitative estimate of drug-likeness (QED) is 0.708. The van der Waals surface area contributed by atoms with E-state index < -0.39 is 0 Å². The number of carbonyl (C=O) groups is 1. The molecule has 0 saturated heterocycles. The summed E-state index contributed by atoms with van der Waals surface area (Å²) < 4.78 is 0. The lowest BCUT2D eigenvalue weighted by Crippen LogP contribution is -2.33. The Morgan fingerprint density at radius 1 is 1.47 bits per heavy atom. The van der Waals surface area contributed by atoms with Gasteiger partial charge in [-0.25, -0.2) is 0 Å². The van der Waals surface area contributed by atoms with E-state index in [9.17, 15) is 4.79 Å². The Bertz CT molecular complexity index is 457. The zero-order valence-corrected chi connectivity index (χ0v) is 11.7. The number of anilines is 1. The van der Waals surface area contributed by atoms with E-state index in [1.165, 1.54) is 11.1 Å². The van der Waals surface area contributed by atoms with E-state index in [1.54, 1.807) is 0 Å². The second kappa shape index (κ2) is 6.06. The van der Waals surface area contributed by atoms with Crippen LogP contribution in [0.25, 0.3) is 0 Å². The summed E-state index contributed by atoms with van der Waals surface area (Å²) in [4.78, 5) is 11.5. The summed E-state index contributed by atoms with van der Waals surface area (Å²) in [6.07, 6.45) is 2.68. The number of hydrogen-bond donors (Lipinski definition) is 3. The Balaban J connectivity index is 1.82. The molecular formula is C15H23N3O. The molecule has 104 valence electrons. The van der Waals surface area contributed by atoms with Gasteiger partial charge in [-0.15, -0.1) is 0 Å². The van der Waals surface area contributed by atoms with Gasteiger partial charge in [-0.05, 0) is 49.9 Å². The third-order valence-electron chi connectivity index (χ3n) is 3.44. The van der Waals surface area contributed by atoms with E-state index in [2.05, 4.69) is 22.8 Å². The number of amides is 1. The number of hydrogen-bond acceptors (Lipinski definition) is 3. The molecule has 2 rings (SSSR count). The Morgan fingerprint density at radius 2 is 2.26 bits per heavy atom. The number of nitrogens with one attached hydrogen (secondary N) is 2. The van der Waals surface area contributed by atoms with E-state index in [1.807, 2.05) is 19.9 Å². The van der Waals surface area contributed by atoms with Gasteiger partial charge in [0.05, 0.1) is 0 Å².